The quantitative estimate of drug-likeness (QED) is 0.453. The van der Waals surface area contributed by atoms with Gasteiger partial charge in [-0.25, -0.2) is 4.39 Å². The standard InChI is InChI=1S/C24H20ClF7N2O3/c1-12-8-13(2-3-16(12)21(35)33-15-4-6-36-7-5-15)19-11-22(37-34-19,24(30,31)32)17-9-14(23(27,28)29)10-18(25)20(17)26/h2-3,8-10,15H,4-7,11H2,1H3,(H,33,35). The fourth-order valence-corrected chi connectivity index (χ4v) is 4.51. The summed E-state index contributed by atoms with van der Waals surface area (Å²) in [7, 11) is 0. The van der Waals surface area contributed by atoms with Gasteiger partial charge in [-0.15, -0.1) is 0 Å². The van der Waals surface area contributed by atoms with Crippen LogP contribution in [0.3, 0.4) is 0 Å². The van der Waals surface area contributed by atoms with Gasteiger partial charge >= 0.3 is 12.4 Å². The average Bonchev–Trinajstić information content (AvgIpc) is 3.27. The molecule has 37 heavy (non-hydrogen) atoms. The summed E-state index contributed by atoms with van der Waals surface area (Å²) in [6, 6.07) is 4.31. The van der Waals surface area contributed by atoms with E-state index in [1.165, 1.54) is 18.2 Å². The highest BCUT2D eigenvalue weighted by Gasteiger charge is 2.64. The van der Waals surface area contributed by atoms with Crippen molar-refractivity contribution in [2.45, 2.75) is 50.2 Å². The van der Waals surface area contributed by atoms with Crippen molar-refractivity contribution in [1.29, 1.82) is 0 Å². The van der Waals surface area contributed by atoms with Gasteiger partial charge in [-0.3, -0.25) is 4.79 Å². The number of rotatable bonds is 4. The number of carbonyl (C=O) groups excluding carboxylic acids is 1. The van der Waals surface area contributed by atoms with Crippen LogP contribution in [-0.4, -0.2) is 37.1 Å². The Hall–Kier alpha value is -2.86. The number of nitrogens with one attached hydrogen (secondary N) is 1. The predicted octanol–water partition coefficient (Wildman–Crippen LogP) is 6.30. The molecule has 2 aromatic carbocycles. The third kappa shape index (κ3) is 5.26. The SMILES string of the molecule is Cc1cc(C2=NOC(c3cc(C(F)(F)F)cc(Cl)c3F)(C(F)(F)F)C2)ccc1C(=O)NC1CCOCC1. The molecule has 2 aliphatic heterocycles. The van der Waals surface area contributed by atoms with E-state index in [4.69, 9.17) is 16.3 Å². The number of ether oxygens (including phenoxy) is 1. The Bertz CT molecular complexity index is 1240. The van der Waals surface area contributed by atoms with Gasteiger partial charge in [-0.2, -0.15) is 26.3 Å². The molecule has 200 valence electrons. The maximum Gasteiger partial charge on any atom is 0.435 e. The molecule has 4 rings (SSSR count). The number of carbonyl (C=O) groups is 1. The molecular formula is C24H20ClF7N2O3. The summed E-state index contributed by atoms with van der Waals surface area (Å²) in [5.74, 6) is -2.06. The first-order valence-electron chi connectivity index (χ1n) is 11.1. The molecule has 0 bridgehead atoms. The molecule has 0 aliphatic carbocycles. The number of hydrogen-bond donors (Lipinski definition) is 1. The fraction of sp³-hybridized carbons (Fsp3) is 0.417. The zero-order chi connectivity index (χ0) is 27.2. The van der Waals surface area contributed by atoms with E-state index in [0.717, 1.165) is 0 Å². The second-order valence-corrected chi connectivity index (χ2v) is 9.25. The summed E-state index contributed by atoms with van der Waals surface area (Å²) in [5.41, 5.74) is -5.98. The van der Waals surface area contributed by atoms with E-state index in [2.05, 4.69) is 15.3 Å². The van der Waals surface area contributed by atoms with Crippen LogP contribution in [0.5, 0.6) is 0 Å². The van der Waals surface area contributed by atoms with Crippen molar-refractivity contribution in [3.8, 4) is 0 Å². The van der Waals surface area contributed by atoms with Crippen molar-refractivity contribution in [3.05, 3.63) is 69.0 Å². The molecule has 0 radical (unpaired) electrons. The lowest BCUT2D eigenvalue weighted by Crippen LogP contribution is -2.43. The van der Waals surface area contributed by atoms with Crippen molar-refractivity contribution < 1.29 is 45.1 Å². The number of benzene rings is 2. The Morgan fingerprint density at radius 2 is 1.78 bits per heavy atom. The minimum absolute atomic E-state index is 0.0299. The molecule has 1 amide bonds. The Morgan fingerprint density at radius 1 is 1.11 bits per heavy atom. The van der Waals surface area contributed by atoms with Crippen molar-refractivity contribution in [2.75, 3.05) is 13.2 Å². The minimum atomic E-state index is -5.36. The van der Waals surface area contributed by atoms with Crippen molar-refractivity contribution in [1.82, 2.24) is 5.32 Å². The highest BCUT2D eigenvalue weighted by Crippen LogP contribution is 2.51. The zero-order valence-electron chi connectivity index (χ0n) is 19.2. The van der Waals surface area contributed by atoms with E-state index >= 15 is 0 Å². The van der Waals surface area contributed by atoms with Crippen LogP contribution < -0.4 is 5.32 Å². The predicted molar refractivity (Wildman–Crippen MR) is 119 cm³/mol. The van der Waals surface area contributed by atoms with Crippen LogP contribution in [0.1, 0.15) is 51.9 Å². The molecule has 2 heterocycles. The van der Waals surface area contributed by atoms with Crippen LogP contribution in [0.25, 0.3) is 0 Å². The zero-order valence-corrected chi connectivity index (χ0v) is 20.0. The molecule has 1 saturated heterocycles. The van der Waals surface area contributed by atoms with Crippen LogP contribution >= 0.6 is 11.6 Å². The van der Waals surface area contributed by atoms with E-state index in [9.17, 15) is 35.5 Å². The van der Waals surface area contributed by atoms with Gasteiger partial charge in [0.2, 0.25) is 0 Å². The number of nitrogens with zero attached hydrogens (tertiary/aromatic N) is 1. The van der Waals surface area contributed by atoms with Crippen molar-refractivity contribution >= 4 is 23.2 Å². The monoisotopic (exact) mass is 552 g/mol. The smallest absolute Gasteiger partial charge is 0.381 e. The molecule has 5 nitrogen and oxygen atoms in total. The fourth-order valence-electron chi connectivity index (χ4n) is 4.29. The van der Waals surface area contributed by atoms with Gasteiger partial charge < -0.3 is 14.9 Å². The maximum atomic E-state index is 14.7. The minimum Gasteiger partial charge on any atom is -0.381 e. The van der Waals surface area contributed by atoms with Crippen LogP contribution in [0.4, 0.5) is 30.7 Å². The lowest BCUT2D eigenvalue weighted by Gasteiger charge is -2.30. The van der Waals surface area contributed by atoms with E-state index in [1.807, 2.05) is 0 Å². The normalized spacial score (nSPS) is 20.9. The molecule has 0 aromatic heterocycles. The number of aryl methyl sites for hydroxylation is 1. The summed E-state index contributed by atoms with van der Waals surface area (Å²) in [6.45, 7) is 2.60. The first-order chi connectivity index (χ1) is 17.2. The van der Waals surface area contributed by atoms with E-state index in [-0.39, 0.29) is 40.9 Å². The van der Waals surface area contributed by atoms with Crippen LogP contribution in [-0.2, 0) is 21.4 Å². The topological polar surface area (TPSA) is 59.9 Å². The summed E-state index contributed by atoms with van der Waals surface area (Å²) in [6.07, 6.45) is -10.3. The largest absolute Gasteiger partial charge is 0.435 e. The third-order valence-corrected chi connectivity index (χ3v) is 6.61. The Morgan fingerprint density at radius 3 is 2.38 bits per heavy atom. The van der Waals surface area contributed by atoms with Crippen LogP contribution in [0, 0.1) is 12.7 Å². The van der Waals surface area contributed by atoms with Crippen molar-refractivity contribution in [3.63, 3.8) is 0 Å². The average molecular weight is 553 g/mol. The molecule has 1 unspecified atom stereocenters. The Labute approximate surface area is 211 Å². The molecule has 1 atom stereocenters. The van der Waals surface area contributed by atoms with E-state index in [1.54, 1.807) is 6.92 Å². The second-order valence-electron chi connectivity index (χ2n) is 8.84. The highest BCUT2D eigenvalue weighted by molar-refractivity contribution is 6.30. The van der Waals surface area contributed by atoms with Crippen molar-refractivity contribution in [2.24, 2.45) is 5.16 Å². The summed E-state index contributed by atoms with van der Waals surface area (Å²) < 4.78 is 103. The molecule has 0 saturated carbocycles. The van der Waals surface area contributed by atoms with Gasteiger partial charge in [0.25, 0.3) is 11.5 Å². The van der Waals surface area contributed by atoms with Crippen LogP contribution in [0.15, 0.2) is 35.5 Å². The lowest BCUT2D eigenvalue weighted by atomic mass is 9.85. The lowest BCUT2D eigenvalue weighted by molar-refractivity contribution is -0.276. The first kappa shape index (κ1) is 27.2. The van der Waals surface area contributed by atoms with Gasteiger partial charge in [0.15, 0.2) is 0 Å². The van der Waals surface area contributed by atoms with E-state index in [0.29, 0.717) is 31.6 Å². The molecule has 1 fully saturated rings. The second kappa shape index (κ2) is 9.79. The number of oxime groups is 1. The van der Waals surface area contributed by atoms with Gasteiger partial charge in [-0.1, -0.05) is 22.8 Å². The molecule has 1 N–H and O–H groups in total. The van der Waals surface area contributed by atoms with E-state index < -0.39 is 46.3 Å². The molecule has 13 heteroatoms. The maximum absolute atomic E-state index is 14.7. The molecular weight excluding hydrogens is 533 g/mol. The Kier molecular flexibility index (Phi) is 7.19. The summed E-state index contributed by atoms with van der Waals surface area (Å²) >= 11 is 5.53. The highest BCUT2D eigenvalue weighted by atomic mass is 35.5. The summed E-state index contributed by atoms with van der Waals surface area (Å²) in [4.78, 5) is 17.4. The number of halogens is 8. The number of alkyl halides is 6. The first-order valence-corrected chi connectivity index (χ1v) is 11.5. The van der Waals surface area contributed by atoms with Gasteiger partial charge in [0.1, 0.15) is 5.82 Å². The molecule has 0 spiro atoms. The van der Waals surface area contributed by atoms with Gasteiger partial charge in [-0.05, 0) is 55.2 Å². The number of amides is 1. The molecule has 2 aromatic rings. The van der Waals surface area contributed by atoms with Gasteiger partial charge in [0.05, 0.1) is 22.7 Å². The number of hydrogen-bond acceptors (Lipinski definition) is 4. The summed E-state index contributed by atoms with van der Waals surface area (Å²) in [5, 5.41) is 5.21. The van der Waals surface area contributed by atoms with Gasteiger partial charge in [0, 0.05) is 30.4 Å². The molecule has 2 aliphatic rings. The van der Waals surface area contributed by atoms with Crippen LogP contribution in [0.2, 0.25) is 5.02 Å². The Balaban J connectivity index is 1.64. The third-order valence-electron chi connectivity index (χ3n) is 6.34.